The standard InChI is InChI=1S/C22H16ClF12N5O2/c1-37-16(14(15(36)18(24,25)20(28,29)30)42-22(34,35)19(26,27)21(31,32)33)40-8-10(7-38-40)9-2-5-13(23)12(6-9)17(41)39-11-3-4-11/h2,5-8,11,36-37H,3-4H2,1H3,(H,39,41)/b16-14-,36-15?. The largest absolute Gasteiger partial charge is 0.474 e. The molecule has 3 N–H and O–H groups in total. The number of benzene rings is 1. The quantitative estimate of drug-likeness (QED) is 0.157. The van der Waals surface area contributed by atoms with Crippen LogP contribution in [-0.4, -0.2) is 64.8 Å². The van der Waals surface area contributed by atoms with Crippen LogP contribution in [0.2, 0.25) is 5.02 Å². The van der Waals surface area contributed by atoms with E-state index in [1.807, 2.05) is 0 Å². The van der Waals surface area contributed by atoms with Crippen LogP contribution in [0.15, 0.2) is 36.4 Å². The molecule has 1 amide bonds. The van der Waals surface area contributed by atoms with Crippen molar-refractivity contribution in [3.8, 4) is 11.1 Å². The molecule has 0 atom stereocenters. The van der Waals surface area contributed by atoms with Crippen molar-refractivity contribution in [2.45, 2.75) is 49.2 Å². The minimum Gasteiger partial charge on any atom is -0.422 e. The number of rotatable bonds is 10. The van der Waals surface area contributed by atoms with Gasteiger partial charge in [-0.15, -0.1) is 0 Å². The molecule has 1 aliphatic rings. The number of nitrogens with zero attached hydrogens (tertiary/aromatic N) is 2. The number of aromatic nitrogens is 2. The number of allylic oxidation sites excluding steroid dienone is 1. The number of hydrogen-bond acceptors (Lipinski definition) is 5. The van der Waals surface area contributed by atoms with E-state index in [0.29, 0.717) is 13.2 Å². The highest BCUT2D eigenvalue weighted by Crippen LogP contribution is 2.49. The van der Waals surface area contributed by atoms with Gasteiger partial charge in [0.05, 0.1) is 16.8 Å². The van der Waals surface area contributed by atoms with Crippen molar-refractivity contribution in [1.29, 1.82) is 5.41 Å². The molecule has 7 nitrogen and oxygen atoms in total. The van der Waals surface area contributed by atoms with Crippen LogP contribution < -0.4 is 10.6 Å². The van der Waals surface area contributed by atoms with Gasteiger partial charge in [-0.3, -0.25) is 10.2 Å². The zero-order valence-corrected chi connectivity index (χ0v) is 21.3. The molecule has 1 aromatic heterocycles. The van der Waals surface area contributed by atoms with Gasteiger partial charge in [-0.25, -0.2) is 4.68 Å². The highest BCUT2D eigenvalue weighted by atomic mass is 35.5. The lowest BCUT2D eigenvalue weighted by atomic mass is 10.1. The number of alkyl halides is 12. The Labute approximate surface area is 231 Å². The van der Waals surface area contributed by atoms with E-state index < -0.39 is 53.5 Å². The number of halogens is 13. The summed E-state index contributed by atoms with van der Waals surface area (Å²) in [4.78, 5) is 12.4. The van der Waals surface area contributed by atoms with Crippen molar-refractivity contribution in [1.82, 2.24) is 20.4 Å². The van der Waals surface area contributed by atoms with Gasteiger partial charge in [0, 0.05) is 24.8 Å². The summed E-state index contributed by atoms with van der Waals surface area (Å²) in [5, 5.41) is 15.1. The molecule has 232 valence electrons. The molecule has 0 aliphatic heterocycles. The van der Waals surface area contributed by atoms with E-state index in [4.69, 9.17) is 17.0 Å². The van der Waals surface area contributed by atoms with Crippen molar-refractivity contribution >= 4 is 29.0 Å². The van der Waals surface area contributed by atoms with Crippen LogP contribution in [0, 0.1) is 5.41 Å². The summed E-state index contributed by atoms with van der Waals surface area (Å²) in [6.45, 7) is 0. The number of carbonyl (C=O) groups excluding carboxylic acids is 1. The summed E-state index contributed by atoms with van der Waals surface area (Å²) in [6.07, 6.45) is -17.6. The van der Waals surface area contributed by atoms with Crippen molar-refractivity contribution in [3.63, 3.8) is 0 Å². The first-order valence-corrected chi connectivity index (χ1v) is 11.6. The van der Waals surface area contributed by atoms with Crippen molar-refractivity contribution in [2.24, 2.45) is 0 Å². The summed E-state index contributed by atoms with van der Waals surface area (Å²) < 4.78 is 163. The minimum atomic E-state index is -7.12. The van der Waals surface area contributed by atoms with Crippen LogP contribution in [0.25, 0.3) is 16.9 Å². The molecular formula is C22H16ClF12N5O2. The van der Waals surface area contributed by atoms with E-state index in [-0.39, 0.29) is 32.4 Å². The molecule has 1 fully saturated rings. The van der Waals surface area contributed by atoms with E-state index in [0.717, 1.165) is 19.0 Å². The molecule has 1 aromatic carbocycles. The fraction of sp³-hybridized carbons (Fsp3) is 0.409. The van der Waals surface area contributed by atoms with Crippen molar-refractivity contribution < 1.29 is 62.2 Å². The molecule has 1 aliphatic carbocycles. The summed E-state index contributed by atoms with van der Waals surface area (Å²) in [5.41, 5.74) is -3.35. The molecule has 0 spiro atoms. The molecule has 3 rings (SSSR count). The second-order valence-corrected chi connectivity index (χ2v) is 9.09. The molecule has 2 aromatic rings. The fourth-order valence-corrected chi connectivity index (χ4v) is 3.36. The van der Waals surface area contributed by atoms with Gasteiger partial charge in [0.1, 0.15) is 0 Å². The lowest BCUT2D eigenvalue weighted by molar-refractivity contribution is -0.414. The van der Waals surface area contributed by atoms with E-state index in [1.165, 1.54) is 18.2 Å². The first kappa shape index (κ1) is 32.9. The van der Waals surface area contributed by atoms with Gasteiger partial charge in [-0.05, 0) is 30.5 Å². The molecule has 0 bridgehead atoms. The van der Waals surface area contributed by atoms with Gasteiger partial charge >= 0.3 is 30.3 Å². The minimum absolute atomic E-state index is 0.0218. The molecule has 1 saturated carbocycles. The smallest absolute Gasteiger partial charge is 0.422 e. The number of ether oxygens (including phenoxy) is 1. The van der Waals surface area contributed by atoms with E-state index in [1.54, 1.807) is 5.32 Å². The first-order chi connectivity index (χ1) is 19.0. The van der Waals surface area contributed by atoms with Gasteiger partial charge in [-0.1, -0.05) is 17.7 Å². The molecule has 0 unspecified atom stereocenters. The molecule has 0 radical (unpaired) electrons. The Morgan fingerprint density at radius 1 is 1.00 bits per heavy atom. The summed E-state index contributed by atoms with van der Waals surface area (Å²) in [5.74, 6) is -18.4. The van der Waals surface area contributed by atoms with E-state index >= 15 is 0 Å². The Morgan fingerprint density at radius 3 is 2.10 bits per heavy atom. The monoisotopic (exact) mass is 645 g/mol. The predicted molar refractivity (Wildman–Crippen MR) is 121 cm³/mol. The van der Waals surface area contributed by atoms with Gasteiger partial charge in [0.15, 0.2) is 17.3 Å². The van der Waals surface area contributed by atoms with Crippen molar-refractivity contribution in [3.05, 3.63) is 46.9 Å². The first-order valence-electron chi connectivity index (χ1n) is 11.2. The van der Waals surface area contributed by atoms with Gasteiger partial charge in [0.2, 0.25) is 0 Å². The molecule has 20 heteroatoms. The second kappa shape index (κ2) is 10.9. The van der Waals surface area contributed by atoms with Gasteiger partial charge < -0.3 is 15.4 Å². The number of carbonyl (C=O) groups is 1. The van der Waals surface area contributed by atoms with E-state index in [9.17, 15) is 57.5 Å². The molecular weight excluding hydrogens is 630 g/mol. The third-order valence-electron chi connectivity index (χ3n) is 5.57. The maximum absolute atomic E-state index is 14.1. The number of nitrogens with one attached hydrogen (secondary N) is 3. The van der Waals surface area contributed by atoms with Crippen LogP contribution in [0.1, 0.15) is 23.2 Å². The zero-order chi connectivity index (χ0) is 32.1. The number of hydrogen-bond donors (Lipinski definition) is 3. The fourth-order valence-electron chi connectivity index (χ4n) is 3.16. The SMILES string of the molecule is CN/C(=C(/OC(F)(F)C(F)(F)C(F)(F)F)C(=N)C(F)(F)C(F)(F)F)n1cc(-c2ccc(Cl)c(C(=O)NC3CC3)c2)cn1. The lowest BCUT2D eigenvalue weighted by Gasteiger charge is -2.31. The van der Waals surface area contributed by atoms with Crippen LogP contribution in [0.5, 0.6) is 0 Å². The van der Waals surface area contributed by atoms with Crippen LogP contribution >= 0.6 is 11.6 Å². The maximum atomic E-state index is 14.1. The summed E-state index contributed by atoms with van der Waals surface area (Å²) >= 11 is 6.03. The third kappa shape index (κ3) is 6.24. The van der Waals surface area contributed by atoms with Crippen LogP contribution in [0.3, 0.4) is 0 Å². The Morgan fingerprint density at radius 2 is 1.60 bits per heavy atom. The normalized spacial score (nSPS) is 15.7. The van der Waals surface area contributed by atoms with Gasteiger partial charge in [0.25, 0.3) is 5.91 Å². The average molecular weight is 646 g/mol. The molecule has 0 saturated heterocycles. The zero-order valence-electron chi connectivity index (χ0n) is 20.5. The number of amides is 1. The predicted octanol–water partition coefficient (Wildman–Crippen LogP) is 6.47. The average Bonchev–Trinajstić information content (AvgIpc) is 3.54. The highest BCUT2D eigenvalue weighted by molar-refractivity contribution is 6.34. The van der Waals surface area contributed by atoms with Gasteiger partial charge in [-0.2, -0.15) is 57.8 Å². The topological polar surface area (TPSA) is 92.0 Å². The Bertz CT molecular complexity index is 1400. The van der Waals surface area contributed by atoms with E-state index in [2.05, 4.69) is 15.2 Å². The molecule has 1 heterocycles. The lowest BCUT2D eigenvalue weighted by Crippen LogP contribution is -2.55. The van der Waals surface area contributed by atoms with Crippen molar-refractivity contribution in [2.75, 3.05) is 7.05 Å². The second-order valence-electron chi connectivity index (χ2n) is 8.68. The Kier molecular flexibility index (Phi) is 8.52. The summed E-state index contributed by atoms with van der Waals surface area (Å²) in [6, 6.07) is 3.61. The molecule has 42 heavy (non-hydrogen) atoms. The highest BCUT2D eigenvalue weighted by Gasteiger charge is 2.76. The van der Waals surface area contributed by atoms with Crippen LogP contribution in [-0.2, 0) is 4.74 Å². The maximum Gasteiger partial charge on any atom is 0.474 e. The van der Waals surface area contributed by atoms with Crippen LogP contribution in [0.4, 0.5) is 52.7 Å². The third-order valence-corrected chi connectivity index (χ3v) is 5.90. The Hall–Kier alpha value is -3.64. The Balaban J connectivity index is 2.15. The summed E-state index contributed by atoms with van der Waals surface area (Å²) in [7, 11) is 0.641.